The Kier molecular flexibility index (Phi) is 5.38. The Hall–Kier alpha value is -2.90. The van der Waals surface area contributed by atoms with Gasteiger partial charge in [0.1, 0.15) is 0 Å². The fourth-order valence-corrected chi connectivity index (χ4v) is 4.99. The molecule has 7 heteroatoms. The van der Waals surface area contributed by atoms with Crippen LogP contribution >= 0.6 is 12.2 Å². The van der Waals surface area contributed by atoms with Crippen molar-refractivity contribution in [2.24, 2.45) is 0 Å². The normalized spacial score (nSPS) is 21.4. The van der Waals surface area contributed by atoms with Crippen LogP contribution in [0.5, 0.6) is 0 Å². The quantitative estimate of drug-likeness (QED) is 0.606. The molecule has 3 aromatic rings. The molecule has 2 aliphatic heterocycles. The van der Waals surface area contributed by atoms with Crippen LogP contribution in [0.2, 0.25) is 0 Å². The molecule has 2 saturated heterocycles. The topological polar surface area (TPSA) is 56.4 Å². The summed E-state index contributed by atoms with van der Waals surface area (Å²) in [6.45, 7) is 7.63. The fraction of sp³-hybridized carbons (Fsp3) is 0.333. The average molecular weight is 434 g/mol. The Labute approximate surface area is 188 Å². The van der Waals surface area contributed by atoms with Crippen molar-refractivity contribution in [3.63, 3.8) is 0 Å². The van der Waals surface area contributed by atoms with Crippen LogP contribution in [0, 0.1) is 13.8 Å². The highest BCUT2D eigenvalue weighted by molar-refractivity contribution is 7.80. The molecule has 2 aliphatic rings. The molecule has 2 aromatic heterocycles. The standard InChI is InChI=1S/C24H27N5OS/c1-16-15-20(17(2)26-16)23-22(21-5-3-4-10-25-21)27-24(31)29(23)19-8-6-18(7-9-19)28-11-13-30-14-12-28/h3-10,15,22-23,26H,11-14H2,1-2H3,(H,27,31)/t22-,23+/m1/s1. The van der Waals surface area contributed by atoms with Crippen molar-refractivity contribution in [2.75, 3.05) is 36.1 Å². The molecule has 160 valence electrons. The van der Waals surface area contributed by atoms with E-state index < -0.39 is 0 Å². The molecule has 2 atom stereocenters. The molecule has 0 amide bonds. The average Bonchev–Trinajstić information content (AvgIpc) is 3.32. The molecule has 0 spiro atoms. The number of nitrogens with zero attached hydrogens (tertiary/aromatic N) is 3. The smallest absolute Gasteiger partial charge is 0.174 e. The molecule has 4 heterocycles. The summed E-state index contributed by atoms with van der Waals surface area (Å²) in [5, 5.41) is 4.26. The van der Waals surface area contributed by atoms with Crippen LogP contribution in [0.25, 0.3) is 0 Å². The maximum absolute atomic E-state index is 5.83. The Bertz CT molecular complexity index is 1060. The number of hydrogen-bond acceptors (Lipinski definition) is 4. The number of aromatic nitrogens is 2. The molecule has 0 aliphatic carbocycles. The van der Waals surface area contributed by atoms with Crippen LogP contribution in [-0.2, 0) is 4.74 Å². The number of hydrogen-bond donors (Lipinski definition) is 2. The first-order valence-electron chi connectivity index (χ1n) is 10.7. The summed E-state index contributed by atoms with van der Waals surface area (Å²) in [7, 11) is 0. The van der Waals surface area contributed by atoms with Gasteiger partial charge in [-0.25, -0.2) is 0 Å². The lowest BCUT2D eigenvalue weighted by Crippen LogP contribution is -2.36. The predicted molar refractivity (Wildman–Crippen MR) is 128 cm³/mol. The number of aryl methyl sites for hydroxylation is 2. The zero-order valence-corrected chi connectivity index (χ0v) is 18.7. The first kappa shape index (κ1) is 20.0. The second-order valence-electron chi connectivity index (χ2n) is 8.15. The molecule has 2 fully saturated rings. The number of nitrogens with one attached hydrogen (secondary N) is 2. The van der Waals surface area contributed by atoms with Gasteiger partial charge in [0, 0.05) is 42.0 Å². The molecule has 6 nitrogen and oxygen atoms in total. The minimum absolute atomic E-state index is 0.0154. The van der Waals surface area contributed by atoms with Crippen LogP contribution in [0.15, 0.2) is 54.7 Å². The zero-order valence-electron chi connectivity index (χ0n) is 17.8. The number of pyridine rings is 1. The Balaban J connectivity index is 1.52. The summed E-state index contributed by atoms with van der Waals surface area (Å²) in [5.41, 5.74) is 6.82. The van der Waals surface area contributed by atoms with Crippen molar-refractivity contribution >= 4 is 28.7 Å². The van der Waals surface area contributed by atoms with E-state index >= 15 is 0 Å². The number of aromatic amines is 1. The van der Waals surface area contributed by atoms with Gasteiger partial charge >= 0.3 is 0 Å². The lowest BCUT2D eigenvalue weighted by molar-refractivity contribution is 0.122. The van der Waals surface area contributed by atoms with Crippen molar-refractivity contribution in [3.05, 3.63) is 77.4 Å². The minimum Gasteiger partial charge on any atom is -0.378 e. The number of anilines is 2. The number of benzene rings is 1. The van der Waals surface area contributed by atoms with Crippen molar-refractivity contribution in [1.82, 2.24) is 15.3 Å². The highest BCUT2D eigenvalue weighted by Crippen LogP contribution is 2.43. The third kappa shape index (κ3) is 3.79. The number of morpholine rings is 1. The first-order chi connectivity index (χ1) is 15.1. The first-order valence-corrected chi connectivity index (χ1v) is 11.1. The van der Waals surface area contributed by atoms with Gasteiger partial charge in [-0.3, -0.25) is 4.98 Å². The maximum Gasteiger partial charge on any atom is 0.174 e. The maximum atomic E-state index is 5.83. The van der Waals surface area contributed by atoms with Crippen LogP contribution < -0.4 is 15.1 Å². The Morgan fingerprint density at radius 2 is 1.77 bits per heavy atom. The molecule has 0 saturated carbocycles. The van der Waals surface area contributed by atoms with Crippen molar-refractivity contribution < 1.29 is 4.74 Å². The molecular formula is C24H27N5OS. The molecular weight excluding hydrogens is 406 g/mol. The van der Waals surface area contributed by atoms with E-state index in [0.29, 0.717) is 0 Å². The van der Waals surface area contributed by atoms with Crippen molar-refractivity contribution in [2.45, 2.75) is 25.9 Å². The summed E-state index contributed by atoms with van der Waals surface area (Å²) in [6.07, 6.45) is 1.84. The largest absolute Gasteiger partial charge is 0.378 e. The fourth-order valence-electron chi connectivity index (χ4n) is 4.65. The number of ether oxygens (including phenoxy) is 1. The molecule has 2 N–H and O–H groups in total. The zero-order chi connectivity index (χ0) is 21.4. The summed E-state index contributed by atoms with van der Waals surface area (Å²) < 4.78 is 5.49. The number of thiocarbonyl (C=S) groups is 1. The van der Waals surface area contributed by atoms with Crippen molar-refractivity contribution in [3.8, 4) is 0 Å². The van der Waals surface area contributed by atoms with Gasteiger partial charge in [0.05, 0.1) is 31.0 Å². The van der Waals surface area contributed by atoms with Gasteiger partial charge in [-0.15, -0.1) is 0 Å². The van der Waals surface area contributed by atoms with E-state index in [1.165, 1.54) is 11.3 Å². The monoisotopic (exact) mass is 433 g/mol. The predicted octanol–water partition coefficient (Wildman–Crippen LogP) is 4.04. The molecule has 0 bridgehead atoms. The molecule has 0 radical (unpaired) electrons. The summed E-state index contributed by atoms with van der Waals surface area (Å²) >= 11 is 5.83. The summed E-state index contributed by atoms with van der Waals surface area (Å²) in [5.74, 6) is 0. The SMILES string of the molecule is Cc1cc([C@H]2[C@@H](c3ccccn3)NC(=S)N2c2ccc(N3CCOCC3)cc2)c(C)[nH]1. The van der Waals surface area contributed by atoms with Crippen LogP contribution in [0.1, 0.15) is 34.7 Å². The van der Waals surface area contributed by atoms with E-state index in [9.17, 15) is 0 Å². The van der Waals surface area contributed by atoms with Gasteiger partial charge < -0.3 is 24.8 Å². The summed E-state index contributed by atoms with van der Waals surface area (Å²) in [6, 6.07) is 16.9. The second-order valence-corrected chi connectivity index (χ2v) is 8.53. The van der Waals surface area contributed by atoms with Gasteiger partial charge in [0.25, 0.3) is 0 Å². The third-order valence-electron chi connectivity index (χ3n) is 6.11. The molecule has 31 heavy (non-hydrogen) atoms. The number of rotatable bonds is 4. The lowest BCUT2D eigenvalue weighted by Gasteiger charge is -2.30. The highest BCUT2D eigenvalue weighted by atomic mass is 32.1. The van der Waals surface area contributed by atoms with Gasteiger partial charge in [0.2, 0.25) is 0 Å². The van der Waals surface area contributed by atoms with E-state index in [2.05, 4.69) is 75.3 Å². The summed E-state index contributed by atoms with van der Waals surface area (Å²) in [4.78, 5) is 12.7. The van der Waals surface area contributed by atoms with Gasteiger partial charge in [-0.2, -0.15) is 0 Å². The Morgan fingerprint density at radius 3 is 2.42 bits per heavy atom. The van der Waals surface area contributed by atoms with Gasteiger partial charge in [-0.1, -0.05) is 6.07 Å². The number of H-pyrrole nitrogens is 1. The highest BCUT2D eigenvalue weighted by Gasteiger charge is 2.41. The van der Waals surface area contributed by atoms with Gasteiger partial charge in [0.15, 0.2) is 5.11 Å². The van der Waals surface area contributed by atoms with E-state index in [1.807, 2.05) is 18.3 Å². The van der Waals surface area contributed by atoms with E-state index in [-0.39, 0.29) is 12.1 Å². The van der Waals surface area contributed by atoms with Crippen LogP contribution in [0.3, 0.4) is 0 Å². The molecule has 0 unspecified atom stereocenters. The van der Waals surface area contributed by atoms with Gasteiger partial charge in [-0.05, 0) is 74.1 Å². The minimum atomic E-state index is -0.0264. The second kappa shape index (κ2) is 8.32. The Morgan fingerprint density at radius 1 is 1.03 bits per heavy atom. The lowest BCUT2D eigenvalue weighted by atomic mass is 9.96. The van der Waals surface area contributed by atoms with E-state index in [4.69, 9.17) is 17.0 Å². The van der Waals surface area contributed by atoms with E-state index in [0.717, 1.165) is 54.2 Å². The third-order valence-corrected chi connectivity index (χ3v) is 6.43. The van der Waals surface area contributed by atoms with Crippen LogP contribution in [0.4, 0.5) is 11.4 Å². The molecule has 1 aromatic carbocycles. The molecule has 5 rings (SSSR count). The van der Waals surface area contributed by atoms with E-state index in [1.54, 1.807) is 0 Å². The van der Waals surface area contributed by atoms with Crippen LogP contribution in [-0.4, -0.2) is 41.4 Å². The van der Waals surface area contributed by atoms with Crippen molar-refractivity contribution in [1.29, 1.82) is 0 Å².